The Balaban J connectivity index is 1.27. The minimum Gasteiger partial charge on any atom is -0.429 e. The highest BCUT2D eigenvalue weighted by atomic mass is 16.7. The zero-order chi connectivity index (χ0) is 25.8. The van der Waals surface area contributed by atoms with Crippen molar-refractivity contribution in [1.29, 1.82) is 0 Å². The molecule has 0 aromatic rings. The Bertz CT molecular complexity index is 1040. The zero-order valence-corrected chi connectivity index (χ0v) is 21.9. The highest BCUT2D eigenvalue weighted by Crippen LogP contribution is 2.75. The Morgan fingerprint density at radius 3 is 2.36 bits per heavy atom. The number of epoxide rings is 1. The Morgan fingerprint density at radius 2 is 1.69 bits per heavy atom. The highest BCUT2D eigenvalue weighted by Gasteiger charge is 2.82. The number of hydrogen-bond acceptors (Lipinski definition) is 8. The van der Waals surface area contributed by atoms with Crippen LogP contribution in [-0.2, 0) is 23.8 Å². The first-order valence-electron chi connectivity index (χ1n) is 14.0. The molecule has 2 spiro atoms. The topological polar surface area (TPSA) is 126 Å². The standard InChI is InChI=1S/C28H40O8/c1-12-13(2)28(36-22(12)31)23(32)26(5,33)21-17(34-28)11-16-14-10-20-27(35-20)19(30)7-6-18(29)25(27,4)15(14)8-9-24(16,21)3/h12-17,19-21,23,30,32-33H,6-11H2,1-5H3/t12-,13-,14-,15+,16+,17+,19+,20-,21?,23+,24+,25+,26-,27-,28?/m1/s1. The van der Waals surface area contributed by atoms with Crippen LogP contribution in [0.25, 0.3) is 0 Å². The Hall–Kier alpha value is -1.06. The number of aliphatic hydroxyl groups excluding tert-OH is 2. The van der Waals surface area contributed by atoms with Gasteiger partial charge < -0.3 is 29.5 Å². The monoisotopic (exact) mass is 504 g/mol. The number of Topliss-reactive ketones (excluding diaryl/α,β-unsaturated/α-hetero) is 1. The second-order valence-electron chi connectivity index (χ2n) is 14.0. The summed E-state index contributed by atoms with van der Waals surface area (Å²) in [5.74, 6) is -2.45. The molecule has 3 heterocycles. The van der Waals surface area contributed by atoms with Crippen LogP contribution in [0.1, 0.15) is 73.1 Å². The van der Waals surface area contributed by atoms with Crippen molar-refractivity contribution in [3.8, 4) is 0 Å². The molecule has 0 bridgehead atoms. The molecule has 8 nitrogen and oxygen atoms in total. The molecule has 4 aliphatic carbocycles. The third kappa shape index (κ3) is 2.34. The van der Waals surface area contributed by atoms with E-state index in [2.05, 4.69) is 6.92 Å². The van der Waals surface area contributed by atoms with Crippen LogP contribution in [-0.4, -0.2) is 68.5 Å². The predicted molar refractivity (Wildman–Crippen MR) is 125 cm³/mol. The van der Waals surface area contributed by atoms with E-state index in [4.69, 9.17) is 14.2 Å². The molecule has 0 aromatic carbocycles. The van der Waals surface area contributed by atoms with Crippen LogP contribution in [0.5, 0.6) is 0 Å². The normalized spacial score (nSPS) is 65.2. The molecule has 2 unspecified atom stereocenters. The van der Waals surface area contributed by atoms with Gasteiger partial charge in [-0.25, -0.2) is 0 Å². The largest absolute Gasteiger partial charge is 0.429 e. The minimum atomic E-state index is -1.55. The number of esters is 1. The molecule has 7 rings (SSSR count). The number of rotatable bonds is 0. The van der Waals surface area contributed by atoms with Crippen LogP contribution in [0, 0.1) is 46.3 Å². The van der Waals surface area contributed by atoms with Gasteiger partial charge in [0.05, 0.1) is 29.6 Å². The van der Waals surface area contributed by atoms with Crippen LogP contribution < -0.4 is 0 Å². The Kier molecular flexibility index (Phi) is 4.49. The van der Waals surface area contributed by atoms with Gasteiger partial charge in [0.15, 0.2) is 0 Å². The van der Waals surface area contributed by atoms with Gasteiger partial charge in [-0.3, -0.25) is 9.59 Å². The summed E-state index contributed by atoms with van der Waals surface area (Å²) >= 11 is 0. The number of ketones is 1. The second-order valence-corrected chi connectivity index (χ2v) is 14.0. The predicted octanol–water partition coefficient (Wildman–Crippen LogP) is 1.96. The summed E-state index contributed by atoms with van der Waals surface area (Å²) in [6.45, 7) is 9.55. The molecular weight excluding hydrogens is 464 g/mol. The third-order valence-electron chi connectivity index (χ3n) is 12.9. The van der Waals surface area contributed by atoms with Gasteiger partial charge in [0.2, 0.25) is 5.79 Å². The first-order valence-corrected chi connectivity index (χ1v) is 14.0. The number of carbonyl (C=O) groups is 2. The molecule has 0 amide bonds. The fourth-order valence-electron chi connectivity index (χ4n) is 10.9. The molecule has 8 heteroatoms. The van der Waals surface area contributed by atoms with Crippen LogP contribution >= 0.6 is 0 Å². The summed E-state index contributed by atoms with van der Waals surface area (Å²) in [6, 6.07) is 0. The SMILES string of the molecule is C[C@@H]1[C@@H](C)C(=O)OC12O[C@H]1C[C@H]3[C@@H]4C[C@H]5O[C@]56[C@@H](O)CCC(=O)[C@]6(C)[C@H]4CC[C@]3(C)C1[C@@](C)(O)[C@@H]2O. The van der Waals surface area contributed by atoms with Gasteiger partial charge in [0, 0.05) is 18.3 Å². The van der Waals surface area contributed by atoms with Gasteiger partial charge in [0.1, 0.15) is 23.1 Å². The van der Waals surface area contributed by atoms with Gasteiger partial charge in [-0.15, -0.1) is 0 Å². The van der Waals surface area contributed by atoms with E-state index in [1.165, 1.54) is 0 Å². The quantitative estimate of drug-likeness (QED) is 0.338. The molecule has 0 aromatic heterocycles. The van der Waals surface area contributed by atoms with Crippen molar-refractivity contribution in [3.63, 3.8) is 0 Å². The molecule has 7 aliphatic rings. The van der Waals surface area contributed by atoms with E-state index in [9.17, 15) is 24.9 Å². The van der Waals surface area contributed by atoms with E-state index in [1.807, 2.05) is 13.8 Å². The van der Waals surface area contributed by atoms with Gasteiger partial charge in [0.25, 0.3) is 0 Å². The molecule has 15 atom stereocenters. The first kappa shape index (κ1) is 24.0. The molecule has 3 saturated heterocycles. The summed E-state index contributed by atoms with van der Waals surface area (Å²) in [5.41, 5.74) is -3.26. The molecule has 200 valence electrons. The maximum Gasteiger partial charge on any atom is 0.311 e. The van der Waals surface area contributed by atoms with Crippen LogP contribution in [0.4, 0.5) is 0 Å². The van der Waals surface area contributed by atoms with Gasteiger partial charge in [-0.1, -0.05) is 20.8 Å². The van der Waals surface area contributed by atoms with Crippen molar-refractivity contribution < 1.29 is 39.1 Å². The fourth-order valence-corrected chi connectivity index (χ4v) is 10.9. The summed E-state index contributed by atoms with van der Waals surface area (Å²) in [6.07, 6.45) is 1.48. The maximum atomic E-state index is 13.5. The Morgan fingerprint density at radius 1 is 0.972 bits per heavy atom. The number of fused-ring (bicyclic) bond motifs is 6. The number of aliphatic hydroxyl groups is 3. The van der Waals surface area contributed by atoms with E-state index in [-0.39, 0.29) is 47.1 Å². The van der Waals surface area contributed by atoms with E-state index in [0.29, 0.717) is 19.3 Å². The molecule has 3 aliphatic heterocycles. The lowest BCUT2D eigenvalue weighted by molar-refractivity contribution is -0.368. The van der Waals surface area contributed by atoms with E-state index < -0.39 is 52.4 Å². The third-order valence-corrected chi connectivity index (χ3v) is 12.9. The summed E-state index contributed by atoms with van der Waals surface area (Å²) in [4.78, 5) is 26.0. The lowest BCUT2D eigenvalue weighted by Crippen LogP contribution is -2.71. The van der Waals surface area contributed by atoms with Gasteiger partial charge >= 0.3 is 5.97 Å². The van der Waals surface area contributed by atoms with Crippen LogP contribution in [0.2, 0.25) is 0 Å². The smallest absolute Gasteiger partial charge is 0.311 e. The van der Waals surface area contributed by atoms with E-state index >= 15 is 0 Å². The molecule has 3 N–H and O–H groups in total. The van der Waals surface area contributed by atoms with Crippen molar-refractivity contribution in [2.45, 2.75) is 115 Å². The number of hydrogen-bond donors (Lipinski definition) is 3. The molecule has 36 heavy (non-hydrogen) atoms. The first-order chi connectivity index (χ1) is 16.8. The van der Waals surface area contributed by atoms with Gasteiger partial charge in [-0.2, -0.15) is 0 Å². The molecule has 7 fully saturated rings. The summed E-state index contributed by atoms with van der Waals surface area (Å²) in [5, 5.41) is 34.5. The van der Waals surface area contributed by atoms with E-state index in [0.717, 1.165) is 19.3 Å². The lowest BCUT2D eigenvalue weighted by atomic mass is 9.43. The van der Waals surface area contributed by atoms with E-state index in [1.54, 1.807) is 13.8 Å². The summed E-state index contributed by atoms with van der Waals surface area (Å²) < 4.78 is 18.6. The van der Waals surface area contributed by atoms with Crippen molar-refractivity contribution in [2.24, 2.45) is 46.3 Å². The number of carbonyl (C=O) groups excluding carboxylic acids is 2. The fraction of sp³-hybridized carbons (Fsp3) is 0.929. The van der Waals surface area contributed by atoms with Crippen molar-refractivity contribution >= 4 is 11.8 Å². The average Bonchev–Trinajstić information content (AvgIpc) is 3.42. The average molecular weight is 505 g/mol. The van der Waals surface area contributed by atoms with Crippen LogP contribution in [0.3, 0.4) is 0 Å². The second kappa shape index (κ2) is 6.74. The Labute approximate surface area is 212 Å². The maximum absolute atomic E-state index is 13.5. The molecule has 0 radical (unpaired) electrons. The van der Waals surface area contributed by atoms with Crippen molar-refractivity contribution in [1.82, 2.24) is 0 Å². The van der Waals surface area contributed by atoms with Crippen LogP contribution in [0.15, 0.2) is 0 Å². The van der Waals surface area contributed by atoms with Gasteiger partial charge in [-0.05, 0) is 69.1 Å². The molecule has 4 saturated carbocycles. The lowest BCUT2D eigenvalue weighted by Gasteiger charge is -2.60. The number of ether oxygens (including phenoxy) is 3. The minimum absolute atomic E-state index is 0.101. The highest BCUT2D eigenvalue weighted by molar-refractivity contribution is 5.88. The van der Waals surface area contributed by atoms with Crippen molar-refractivity contribution in [3.05, 3.63) is 0 Å². The summed E-state index contributed by atoms with van der Waals surface area (Å²) in [7, 11) is 0. The molecular formula is C28H40O8. The van der Waals surface area contributed by atoms with Crippen molar-refractivity contribution in [2.75, 3.05) is 0 Å². The zero-order valence-electron chi connectivity index (χ0n) is 21.9.